The number of fused-ring (bicyclic) bond motifs is 1. The number of aromatic nitrogens is 2. The van der Waals surface area contributed by atoms with Crippen LogP contribution >= 0.6 is 0 Å². The number of rotatable bonds is 8. The highest BCUT2D eigenvalue weighted by Gasteiger charge is 2.39. The lowest BCUT2D eigenvalue weighted by Gasteiger charge is -2.33. The van der Waals surface area contributed by atoms with Crippen LogP contribution < -0.4 is 15.4 Å². The Morgan fingerprint density at radius 3 is 2.65 bits per heavy atom. The summed E-state index contributed by atoms with van der Waals surface area (Å²) in [5, 5.41) is 0. The average Bonchev–Trinajstić information content (AvgIpc) is 3.29. The largest absolute Gasteiger partial charge is 0.461 e. The molecule has 234 valence electrons. The molecule has 1 fully saturated rings. The van der Waals surface area contributed by atoms with Gasteiger partial charge in [0.2, 0.25) is 12.5 Å². The summed E-state index contributed by atoms with van der Waals surface area (Å²) in [5.74, 6) is -1.13. The van der Waals surface area contributed by atoms with E-state index in [1.807, 2.05) is 20.9 Å². The average molecular weight is 606 g/mol. The Morgan fingerprint density at radius 1 is 1.35 bits per heavy atom. The first-order valence-corrected chi connectivity index (χ1v) is 14.1. The molecule has 13 heteroatoms. The third-order valence-electron chi connectivity index (χ3n) is 8.02. The molecule has 1 amide bonds. The first-order chi connectivity index (χ1) is 20.2. The van der Waals surface area contributed by atoms with Crippen molar-refractivity contribution in [3.63, 3.8) is 0 Å². The number of nitrogens with zero attached hydrogens (tertiary/aromatic N) is 6. The molecule has 2 aliphatic heterocycles. The van der Waals surface area contributed by atoms with E-state index in [1.165, 1.54) is 23.1 Å². The van der Waals surface area contributed by atoms with Crippen LogP contribution in [0.2, 0.25) is 0 Å². The van der Waals surface area contributed by atoms with Gasteiger partial charge in [-0.3, -0.25) is 9.69 Å². The Labute approximate surface area is 250 Å². The summed E-state index contributed by atoms with van der Waals surface area (Å²) in [6.07, 6.45) is -1.10. The number of likely N-dealkylation sites (tertiary alicyclic amines) is 1. The van der Waals surface area contributed by atoms with Crippen LogP contribution in [0.25, 0.3) is 4.85 Å². The fourth-order valence-electron chi connectivity index (χ4n) is 5.36. The standard InChI is InChI=1S/C21H25F4N5O.C9H14N2O/c1-20(8-4-9-29(20)2)12-31-19-27-15-11-30(10-7-13(15)18(26)28-19)16-6-3-5-14(22)17(16)21(23,24)25;1-5-9(12)11(6-2)8(3)7-10-4/h3,5-6H,4,7-12H2,1-2H3,(H2,26,27,28);5,8H,1,6-7H2,2-3H3/t20-;/m1./s1. The number of nitrogen functional groups attached to an aromatic ring is 1. The van der Waals surface area contributed by atoms with Crippen LogP contribution in [0.3, 0.4) is 0 Å². The van der Waals surface area contributed by atoms with Crippen LogP contribution in [0.4, 0.5) is 29.1 Å². The molecule has 1 saturated heterocycles. The number of anilines is 2. The third-order valence-corrected chi connectivity index (χ3v) is 8.02. The molecular weight excluding hydrogens is 566 g/mol. The molecule has 4 rings (SSSR count). The van der Waals surface area contributed by atoms with Crippen LogP contribution in [0.15, 0.2) is 30.9 Å². The van der Waals surface area contributed by atoms with Gasteiger partial charge in [-0.1, -0.05) is 12.6 Å². The number of hydrogen-bond acceptors (Lipinski definition) is 7. The summed E-state index contributed by atoms with van der Waals surface area (Å²) >= 11 is 0. The summed E-state index contributed by atoms with van der Waals surface area (Å²) in [6, 6.07) is 3.46. The minimum Gasteiger partial charge on any atom is -0.461 e. The zero-order chi connectivity index (χ0) is 31.9. The Kier molecular flexibility index (Phi) is 11.0. The van der Waals surface area contributed by atoms with E-state index in [1.54, 1.807) is 4.90 Å². The first-order valence-electron chi connectivity index (χ1n) is 14.1. The Morgan fingerprint density at radius 2 is 2.07 bits per heavy atom. The van der Waals surface area contributed by atoms with Crippen molar-refractivity contribution >= 4 is 17.4 Å². The van der Waals surface area contributed by atoms with E-state index in [-0.39, 0.29) is 48.1 Å². The maximum atomic E-state index is 14.0. The Bertz CT molecular complexity index is 1350. The van der Waals surface area contributed by atoms with E-state index in [2.05, 4.69) is 33.2 Å². The predicted molar refractivity (Wildman–Crippen MR) is 157 cm³/mol. The van der Waals surface area contributed by atoms with Crippen molar-refractivity contribution in [2.24, 2.45) is 0 Å². The van der Waals surface area contributed by atoms with Crippen molar-refractivity contribution in [1.29, 1.82) is 0 Å². The van der Waals surface area contributed by atoms with Crippen LogP contribution in [0.5, 0.6) is 6.01 Å². The second-order valence-corrected chi connectivity index (χ2v) is 10.9. The number of likely N-dealkylation sites (N-methyl/N-ethyl adjacent to an activating group) is 2. The van der Waals surface area contributed by atoms with Crippen LogP contribution in [-0.2, 0) is 23.9 Å². The normalized spacial score (nSPS) is 19.0. The van der Waals surface area contributed by atoms with Crippen molar-refractivity contribution in [2.45, 2.75) is 64.3 Å². The van der Waals surface area contributed by atoms with E-state index >= 15 is 0 Å². The quantitative estimate of drug-likeness (QED) is 0.258. The zero-order valence-corrected chi connectivity index (χ0v) is 25.0. The topological polar surface area (TPSA) is 92.2 Å². The number of hydrogen-bond donors (Lipinski definition) is 1. The Balaban J connectivity index is 0.000000359. The van der Waals surface area contributed by atoms with E-state index in [0.29, 0.717) is 37.4 Å². The van der Waals surface area contributed by atoms with E-state index < -0.39 is 17.6 Å². The summed E-state index contributed by atoms with van der Waals surface area (Å²) in [6.45, 7) is 18.6. The molecule has 1 aromatic carbocycles. The van der Waals surface area contributed by atoms with Crippen molar-refractivity contribution in [2.75, 3.05) is 50.5 Å². The zero-order valence-electron chi connectivity index (χ0n) is 25.0. The number of amides is 1. The molecule has 0 spiro atoms. The van der Waals surface area contributed by atoms with Crippen molar-refractivity contribution in [3.8, 4) is 6.01 Å². The lowest BCUT2D eigenvalue weighted by Crippen LogP contribution is -2.43. The summed E-state index contributed by atoms with van der Waals surface area (Å²) < 4.78 is 60.3. The summed E-state index contributed by atoms with van der Waals surface area (Å²) in [5.41, 5.74) is 5.67. The maximum absolute atomic E-state index is 14.0. The highest BCUT2D eigenvalue weighted by molar-refractivity contribution is 5.87. The lowest BCUT2D eigenvalue weighted by atomic mass is 10.0. The highest BCUT2D eigenvalue weighted by atomic mass is 19.4. The van der Waals surface area contributed by atoms with Gasteiger partial charge < -0.3 is 25.1 Å². The number of carbonyl (C=O) groups is 1. The van der Waals surface area contributed by atoms with Gasteiger partial charge in [0.1, 0.15) is 29.8 Å². The van der Waals surface area contributed by atoms with Gasteiger partial charge in [-0.15, -0.1) is 0 Å². The fraction of sp³-hybridized carbons (Fsp3) is 0.533. The van der Waals surface area contributed by atoms with Gasteiger partial charge in [0.05, 0.1) is 23.5 Å². The van der Waals surface area contributed by atoms with Crippen LogP contribution in [-0.4, -0.2) is 77.1 Å². The smallest absolute Gasteiger partial charge is 0.421 e. The highest BCUT2D eigenvalue weighted by Crippen LogP contribution is 2.40. The molecule has 1 aromatic heterocycles. The molecule has 9 nitrogen and oxygen atoms in total. The van der Waals surface area contributed by atoms with Crippen molar-refractivity contribution < 1.29 is 27.1 Å². The van der Waals surface area contributed by atoms with Crippen molar-refractivity contribution in [3.05, 3.63) is 64.9 Å². The molecule has 0 saturated carbocycles. The van der Waals surface area contributed by atoms with Crippen LogP contribution in [0, 0.1) is 12.4 Å². The van der Waals surface area contributed by atoms with Gasteiger partial charge in [-0.25, -0.2) is 11.0 Å². The molecule has 0 radical (unpaired) electrons. The number of benzene rings is 1. The molecule has 2 aromatic rings. The maximum Gasteiger partial charge on any atom is 0.421 e. The molecule has 0 bridgehead atoms. The van der Waals surface area contributed by atoms with Crippen LogP contribution in [0.1, 0.15) is 50.4 Å². The monoisotopic (exact) mass is 605 g/mol. The molecular formula is C30H39F4N7O2. The van der Waals surface area contributed by atoms with Gasteiger partial charge >= 0.3 is 12.2 Å². The van der Waals surface area contributed by atoms with Gasteiger partial charge in [-0.05, 0) is 71.8 Å². The number of carbonyl (C=O) groups excluding carboxylic acids is 1. The van der Waals surface area contributed by atoms with Gasteiger partial charge in [0, 0.05) is 18.7 Å². The number of nitrogens with two attached hydrogens (primary N) is 1. The summed E-state index contributed by atoms with van der Waals surface area (Å²) in [4.78, 5) is 28.4. The van der Waals surface area contributed by atoms with E-state index in [0.717, 1.165) is 25.5 Å². The van der Waals surface area contributed by atoms with Gasteiger partial charge in [0.25, 0.3) is 0 Å². The van der Waals surface area contributed by atoms with E-state index in [4.69, 9.17) is 17.0 Å². The molecule has 3 heterocycles. The molecule has 2 atom stereocenters. The first kappa shape index (κ1) is 33.6. The third kappa shape index (κ3) is 7.93. The molecule has 2 N–H and O–H groups in total. The van der Waals surface area contributed by atoms with Gasteiger partial charge in [-0.2, -0.15) is 23.1 Å². The molecule has 43 heavy (non-hydrogen) atoms. The predicted octanol–water partition coefficient (Wildman–Crippen LogP) is 4.97. The SMILES string of the molecule is CN1CCC[C@]1(C)COc1nc(N)c2c(n1)CN(c1cccc(F)c1C(F)(F)F)CC2.[C-]#[N+]CC(C)N(CC)C(=O)C=C. The number of halogens is 4. The number of alkyl halides is 3. The lowest BCUT2D eigenvalue weighted by molar-refractivity contribution is -0.139. The number of ether oxygens (including phenoxy) is 1. The molecule has 0 aliphatic carbocycles. The second-order valence-electron chi connectivity index (χ2n) is 10.9. The summed E-state index contributed by atoms with van der Waals surface area (Å²) in [7, 11) is 2.04. The van der Waals surface area contributed by atoms with Gasteiger partial charge in [0.15, 0.2) is 0 Å². The second kappa shape index (κ2) is 14.0. The minimum absolute atomic E-state index is 0.0157. The minimum atomic E-state index is -4.80. The Hall–Kier alpha value is -3.92. The molecule has 1 unspecified atom stereocenters. The van der Waals surface area contributed by atoms with Crippen molar-refractivity contribution in [1.82, 2.24) is 19.8 Å². The molecule has 2 aliphatic rings. The fourth-order valence-corrected chi connectivity index (χ4v) is 5.36. The van der Waals surface area contributed by atoms with E-state index in [9.17, 15) is 22.4 Å².